The van der Waals surface area contributed by atoms with Crippen molar-refractivity contribution in [1.29, 1.82) is 5.26 Å². The molecule has 0 bridgehead atoms. The second-order valence-corrected chi connectivity index (χ2v) is 4.22. The van der Waals surface area contributed by atoms with Crippen LogP contribution in [0.4, 0.5) is 0 Å². The maximum absolute atomic E-state index is 9.19. The van der Waals surface area contributed by atoms with Crippen molar-refractivity contribution in [2.24, 2.45) is 5.92 Å². The Morgan fingerprint density at radius 1 is 1.50 bits per heavy atom. The van der Waals surface area contributed by atoms with E-state index < -0.39 is 0 Å². The van der Waals surface area contributed by atoms with Crippen molar-refractivity contribution in [3.05, 3.63) is 0 Å². The molecule has 0 aromatic carbocycles. The van der Waals surface area contributed by atoms with E-state index in [1.165, 1.54) is 25.7 Å². The first kappa shape index (κ1) is 11.5. The van der Waals surface area contributed by atoms with Gasteiger partial charge in [0.25, 0.3) is 0 Å². The first-order valence-corrected chi connectivity index (χ1v) is 5.38. The zero-order chi connectivity index (χ0) is 10.4. The zero-order valence-electron chi connectivity index (χ0n) is 9.18. The van der Waals surface area contributed by atoms with Crippen molar-refractivity contribution in [3.63, 3.8) is 0 Å². The molecule has 1 aliphatic rings. The summed E-state index contributed by atoms with van der Waals surface area (Å²) in [4.78, 5) is 0. The van der Waals surface area contributed by atoms with E-state index in [1.54, 1.807) is 7.11 Å². The lowest BCUT2D eigenvalue weighted by Crippen LogP contribution is -2.48. The van der Waals surface area contributed by atoms with Crippen molar-refractivity contribution in [1.82, 2.24) is 5.32 Å². The van der Waals surface area contributed by atoms with Crippen LogP contribution < -0.4 is 5.32 Å². The molecular weight excluding hydrogens is 176 g/mol. The van der Waals surface area contributed by atoms with Crippen molar-refractivity contribution in [2.45, 2.75) is 38.1 Å². The summed E-state index contributed by atoms with van der Waals surface area (Å²) in [6.07, 6.45) is 4.91. The summed E-state index contributed by atoms with van der Waals surface area (Å²) in [5, 5.41) is 12.5. The van der Waals surface area contributed by atoms with Gasteiger partial charge in [0, 0.05) is 13.7 Å². The van der Waals surface area contributed by atoms with Crippen LogP contribution in [0.5, 0.6) is 0 Å². The molecule has 1 fully saturated rings. The summed E-state index contributed by atoms with van der Waals surface area (Å²) in [7, 11) is 1.68. The Hall–Kier alpha value is -0.590. The molecule has 0 radical (unpaired) electrons. The van der Waals surface area contributed by atoms with Crippen LogP contribution in [0, 0.1) is 17.2 Å². The number of rotatable bonds is 5. The number of nitrogens with zero attached hydrogens (tertiary/aromatic N) is 1. The van der Waals surface area contributed by atoms with Gasteiger partial charge in [0.05, 0.1) is 12.7 Å². The molecule has 1 saturated carbocycles. The van der Waals surface area contributed by atoms with Gasteiger partial charge in [-0.15, -0.1) is 0 Å². The normalized spacial score (nSPS) is 21.8. The van der Waals surface area contributed by atoms with Crippen LogP contribution >= 0.6 is 0 Å². The third-order valence-corrected chi connectivity index (χ3v) is 3.20. The predicted molar refractivity (Wildman–Crippen MR) is 55.9 cm³/mol. The first-order valence-electron chi connectivity index (χ1n) is 5.38. The predicted octanol–water partition coefficient (Wildman–Crippen LogP) is 1.69. The van der Waals surface area contributed by atoms with Gasteiger partial charge in [-0.05, 0) is 25.7 Å². The van der Waals surface area contributed by atoms with E-state index in [0.29, 0.717) is 12.5 Å². The molecule has 1 rings (SSSR count). The van der Waals surface area contributed by atoms with Crippen LogP contribution in [-0.4, -0.2) is 25.8 Å². The minimum atomic E-state index is -0.352. The van der Waals surface area contributed by atoms with E-state index in [2.05, 4.69) is 11.4 Å². The lowest BCUT2D eigenvalue weighted by atomic mass is 9.85. The fraction of sp³-hybridized carbons (Fsp3) is 0.909. The van der Waals surface area contributed by atoms with Gasteiger partial charge in [-0.3, -0.25) is 5.32 Å². The second kappa shape index (κ2) is 5.33. The lowest BCUT2D eigenvalue weighted by molar-refractivity contribution is 0.183. The van der Waals surface area contributed by atoms with Gasteiger partial charge < -0.3 is 4.74 Å². The molecule has 1 aliphatic carbocycles. The molecule has 3 nitrogen and oxygen atoms in total. The summed E-state index contributed by atoms with van der Waals surface area (Å²) in [6, 6.07) is 2.41. The summed E-state index contributed by atoms with van der Waals surface area (Å²) in [6.45, 7) is 3.44. The average molecular weight is 196 g/mol. The number of methoxy groups -OCH3 is 1. The summed E-state index contributed by atoms with van der Waals surface area (Å²) >= 11 is 0. The fourth-order valence-corrected chi connectivity index (χ4v) is 2.19. The van der Waals surface area contributed by atoms with Crippen molar-refractivity contribution in [2.75, 3.05) is 20.3 Å². The molecule has 0 spiro atoms. The van der Waals surface area contributed by atoms with Crippen LogP contribution in [0.25, 0.3) is 0 Å². The first-order chi connectivity index (χ1) is 6.73. The molecule has 0 aromatic heterocycles. The molecule has 1 N–H and O–H groups in total. The molecule has 0 saturated heterocycles. The number of nitriles is 1. The number of nitrogens with one attached hydrogen (secondary N) is 1. The van der Waals surface area contributed by atoms with Crippen molar-refractivity contribution < 1.29 is 4.74 Å². The SMILES string of the molecule is COCCNC(C)(C#N)C1CCCC1. The molecule has 0 heterocycles. The van der Waals surface area contributed by atoms with Crippen molar-refractivity contribution >= 4 is 0 Å². The van der Waals surface area contributed by atoms with Crippen LogP contribution in [-0.2, 0) is 4.74 Å². The summed E-state index contributed by atoms with van der Waals surface area (Å²) in [5.41, 5.74) is -0.352. The highest BCUT2D eigenvalue weighted by molar-refractivity contribution is 5.08. The molecule has 0 aliphatic heterocycles. The van der Waals surface area contributed by atoms with E-state index in [9.17, 15) is 5.26 Å². The van der Waals surface area contributed by atoms with E-state index >= 15 is 0 Å². The lowest BCUT2D eigenvalue weighted by Gasteiger charge is -2.29. The number of hydrogen-bond acceptors (Lipinski definition) is 3. The fourth-order valence-electron chi connectivity index (χ4n) is 2.19. The Morgan fingerprint density at radius 3 is 2.64 bits per heavy atom. The van der Waals surface area contributed by atoms with E-state index in [4.69, 9.17) is 4.74 Å². The molecule has 0 aromatic rings. The highest BCUT2D eigenvalue weighted by Gasteiger charge is 2.35. The molecule has 1 unspecified atom stereocenters. The van der Waals surface area contributed by atoms with Gasteiger partial charge in [0.15, 0.2) is 0 Å². The zero-order valence-corrected chi connectivity index (χ0v) is 9.18. The average Bonchev–Trinajstić information content (AvgIpc) is 2.71. The minimum Gasteiger partial charge on any atom is -0.383 e. The molecule has 80 valence electrons. The monoisotopic (exact) mass is 196 g/mol. The topological polar surface area (TPSA) is 45.0 Å². The maximum Gasteiger partial charge on any atom is 0.106 e. The van der Waals surface area contributed by atoms with Gasteiger partial charge >= 0.3 is 0 Å². The van der Waals surface area contributed by atoms with Gasteiger partial charge in [-0.2, -0.15) is 5.26 Å². The molecule has 14 heavy (non-hydrogen) atoms. The highest BCUT2D eigenvalue weighted by Crippen LogP contribution is 2.33. The summed E-state index contributed by atoms with van der Waals surface area (Å²) < 4.78 is 4.97. The Labute approximate surface area is 86.4 Å². The highest BCUT2D eigenvalue weighted by atomic mass is 16.5. The maximum atomic E-state index is 9.19. The Balaban J connectivity index is 2.43. The van der Waals surface area contributed by atoms with Crippen LogP contribution in [0.3, 0.4) is 0 Å². The van der Waals surface area contributed by atoms with Gasteiger partial charge in [-0.1, -0.05) is 12.8 Å². The third kappa shape index (κ3) is 2.70. The summed E-state index contributed by atoms with van der Waals surface area (Å²) in [5.74, 6) is 0.518. The smallest absolute Gasteiger partial charge is 0.106 e. The van der Waals surface area contributed by atoms with Gasteiger partial charge in [0.2, 0.25) is 0 Å². The largest absolute Gasteiger partial charge is 0.383 e. The Kier molecular flexibility index (Phi) is 4.37. The van der Waals surface area contributed by atoms with Crippen molar-refractivity contribution in [3.8, 4) is 6.07 Å². The standard InChI is InChI=1S/C11H20N2O/c1-11(9-12,13-7-8-14-2)10-5-3-4-6-10/h10,13H,3-8H2,1-2H3. The Morgan fingerprint density at radius 2 is 2.14 bits per heavy atom. The van der Waals surface area contributed by atoms with Gasteiger partial charge in [0.1, 0.15) is 5.54 Å². The van der Waals surface area contributed by atoms with E-state index in [0.717, 1.165) is 6.54 Å². The van der Waals surface area contributed by atoms with Gasteiger partial charge in [-0.25, -0.2) is 0 Å². The molecule has 0 amide bonds. The number of ether oxygens (including phenoxy) is 1. The van der Waals surface area contributed by atoms with Crippen LogP contribution in [0.1, 0.15) is 32.6 Å². The molecular formula is C11H20N2O. The van der Waals surface area contributed by atoms with E-state index in [-0.39, 0.29) is 5.54 Å². The van der Waals surface area contributed by atoms with E-state index in [1.807, 2.05) is 6.92 Å². The van der Waals surface area contributed by atoms with Crippen LogP contribution in [0.15, 0.2) is 0 Å². The third-order valence-electron chi connectivity index (χ3n) is 3.20. The number of hydrogen-bond donors (Lipinski definition) is 1. The quantitative estimate of drug-likeness (QED) is 0.681. The molecule has 3 heteroatoms. The Bertz CT molecular complexity index is 206. The second-order valence-electron chi connectivity index (χ2n) is 4.22. The van der Waals surface area contributed by atoms with Crippen LogP contribution in [0.2, 0.25) is 0 Å². The minimum absolute atomic E-state index is 0.352. The molecule has 1 atom stereocenters.